The predicted octanol–water partition coefficient (Wildman–Crippen LogP) is 3.18. The summed E-state index contributed by atoms with van der Waals surface area (Å²) < 4.78 is 4.45. The van der Waals surface area contributed by atoms with Crippen LogP contribution < -0.4 is 0 Å². The van der Waals surface area contributed by atoms with Crippen LogP contribution >= 0.6 is 23.2 Å². The number of halogens is 2. The van der Waals surface area contributed by atoms with E-state index in [1.165, 1.54) is 19.2 Å². The van der Waals surface area contributed by atoms with E-state index in [4.69, 9.17) is 23.2 Å². The summed E-state index contributed by atoms with van der Waals surface area (Å²) in [6.07, 6.45) is 0. The minimum atomic E-state index is -0.664. The predicted molar refractivity (Wildman–Crippen MR) is 53.3 cm³/mol. The second kappa shape index (κ2) is 4.39. The van der Waals surface area contributed by atoms with Gasteiger partial charge in [-0.05, 0) is 17.3 Å². The Kier molecular flexibility index (Phi) is 3.43. The number of benzene rings is 1. The van der Waals surface area contributed by atoms with Crippen LogP contribution in [0.25, 0.3) is 0 Å². The van der Waals surface area contributed by atoms with Gasteiger partial charge >= 0.3 is 5.97 Å². The summed E-state index contributed by atoms with van der Waals surface area (Å²) in [5.41, 5.74) is -0.0594. The van der Waals surface area contributed by atoms with Crippen LogP contribution in [0.1, 0.15) is 10.4 Å². The highest BCUT2D eigenvalue weighted by Gasteiger charge is 2.15. The number of hydrogen-bond acceptors (Lipinski definition) is 4. The Morgan fingerprint density at radius 2 is 2.07 bits per heavy atom. The summed E-state index contributed by atoms with van der Waals surface area (Å²) in [5.74, 6) is -0.664. The molecule has 0 spiro atoms. The molecule has 0 saturated heterocycles. The van der Waals surface area contributed by atoms with Crippen molar-refractivity contribution in [3.63, 3.8) is 0 Å². The molecule has 0 amide bonds. The van der Waals surface area contributed by atoms with Crippen LogP contribution in [0, 0.1) is 4.91 Å². The Hall–Kier alpha value is -1.13. The van der Waals surface area contributed by atoms with E-state index in [1.54, 1.807) is 0 Å². The third kappa shape index (κ3) is 2.02. The Balaban J connectivity index is 3.36. The molecule has 1 aromatic rings. The van der Waals surface area contributed by atoms with Gasteiger partial charge in [0, 0.05) is 5.02 Å². The van der Waals surface area contributed by atoms with Crippen LogP contribution in [0.15, 0.2) is 17.3 Å². The average Bonchev–Trinajstić information content (AvgIpc) is 2.19. The Morgan fingerprint density at radius 1 is 1.43 bits per heavy atom. The molecule has 0 bridgehead atoms. The van der Waals surface area contributed by atoms with Crippen LogP contribution in [0.2, 0.25) is 10.0 Å². The van der Waals surface area contributed by atoms with Gasteiger partial charge in [0.15, 0.2) is 0 Å². The van der Waals surface area contributed by atoms with E-state index in [0.717, 1.165) is 0 Å². The minimum absolute atomic E-state index is 0.0243. The average molecular weight is 234 g/mol. The van der Waals surface area contributed by atoms with E-state index in [1.807, 2.05) is 0 Å². The quantitative estimate of drug-likeness (QED) is 0.583. The molecule has 0 aliphatic rings. The first-order valence-corrected chi connectivity index (χ1v) is 4.26. The van der Waals surface area contributed by atoms with Gasteiger partial charge in [0.05, 0.1) is 17.7 Å². The van der Waals surface area contributed by atoms with Crippen LogP contribution in [-0.2, 0) is 4.74 Å². The van der Waals surface area contributed by atoms with Crippen LogP contribution in [0.4, 0.5) is 5.69 Å². The number of rotatable bonds is 2. The molecule has 0 saturated carbocycles. The van der Waals surface area contributed by atoms with Crippen molar-refractivity contribution in [2.75, 3.05) is 7.11 Å². The fraction of sp³-hybridized carbons (Fsp3) is 0.125. The molecular formula is C8H5Cl2NO3. The standard InChI is InChI=1S/C8H5Cl2NO3/c1-14-8(12)5-2-4(9)3-6(11-13)7(5)10/h2-3H,1H3. The summed E-state index contributed by atoms with van der Waals surface area (Å²) in [7, 11) is 1.20. The summed E-state index contributed by atoms with van der Waals surface area (Å²) in [4.78, 5) is 21.4. The smallest absolute Gasteiger partial charge is 0.339 e. The van der Waals surface area contributed by atoms with Crippen molar-refractivity contribution in [2.24, 2.45) is 5.18 Å². The second-order valence-electron chi connectivity index (χ2n) is 2.37. The molecule has 0 atom stereocenters. The number of carbonyl (C=O) groups excluding carboxylic acids is 1. The van der Waals surface area contributed by atoms with E-state index >= 15 is 0 Å². The molecule has 0 unspecified atom stereocenters. The topological polar surface area (TPSA) is 55.7 Å². The Bertz CT molecular complexity index is 392. The lowest BCUT2D eigenvalue weighted by atomic mass is 10.2. The maximum atomic E-state index is 11.1. The monoisotopic (exact) mass is 233 g/mol. The number of ether oxygens (including phenoxy) is 1. The third-order valence-electron chi connectivity index (χ3n) is 1.52. The van der Waals surface area contributed by atoms with Gasteiger partial charge in [0.1, 0.15) is 5.69 Å². The zero-order valence-corrected chi connectivity index (χ0v) is 8.59. The molecular weight excluding hydrogens is 229 g/mol. The van der Waals surface area contributed by atoms with Gasteiger partial charge in [-0.25, -0.2) is 4.79 Å². The normalized spacial score (nSPS) is 9.64. The Morgan fingerprint density at radius 3 is 2.57 bits per heavy atom. The van der Waals surface area contributed by atoms with E-state index in [-0.39, 0.29) is 21.3 Å². The fourth-order valence-electron chi connectivity index (χ4n) is 0.900. The molecule has 0 fully saturated rings. The molecule has 0 aliphatic carbocycles. The first-order valence-electron chi connectivity index (χ1n) is 3.51. The molecule has 74 valence electrons. The SMILES string of the molecule is COC(=O)c1cc(Cl)cc(N=O)c1Cl. The lowest BCUT2D eigenvalue weighted by Gasteiger charge is -2.03. The number of hydrogen-bond donors (Lipinski definition) is 0. The van der Waals surface area contributed by atoms with Gasteiger partial charge in [-0.3, -0.25) is 0 Å². The highest BCUT2D eigenvalue weighted by molar-refractivity contribution is 6.37. The molecule has 0 radical (unpaired) electrons. The molecule has 0 heterocycles. The largest absolute Gasteiger partial charge is 0.465 e. The lowest BCUT2D eigenvalue weighted by Crippen LogP contribution is -2.01. The van der Waals surface area contributed by atoms with Crippen molar-refractivity contribution >= 4 is 34.9 Å². The van der Waals surface area contributed by atoms with Crippen LogP contribution in [0.3, 0.4) is 0 Å². The second-order valence-corrected chi connectivity index (χ2v) is 3.18. The Labute approximate surface area is 89.7 Å². The van der Waals surface area contributed by atoms with Crippen molar-refractivity contribution in [3.8, 4) is 0 Å². The van der Waals surface area contributed by atoms with Crippen LogP contribution in [-0.4, -0.2) is 13.1 Å². The van der Waals surface area contributed by atoms with E-state index in [9.17, 15) is 9.70 Å². The number of nitrogens with zero attached hydrogens (tertiary/aromatic N) is 1. The summed E-state index contributed by atoms with van der Waals surface area (Å²) >= 11 is 11.3. The van der Waals surface area contributed by atoms with Crippen molar-refractivity contribution in [1.82, 2.24) is 0 Å². The maximum absolute atomic E-state index is 11.1. The number of carbonyl (C=O) groups is 1. The van der Waals surface area contributed by atoms with Gasteiger partial charge in [-0.1, -0.05) is 23.2 Å². The molecule has 1 aromatic carbocycles. The van der Waals surface area contributed by atoms with Gasteiger partial charge in [0.25, 0.3) is 0 Å². The number of methoxy groups -OCH3 is 1. The van der Waals surface area contributed by atoms with E-state index in [0.29, 0.717) is 0 Å². The first kappa shape index (κ1) is 10.9. The van der Waals surface area contributed by atoms with E-state index in [2.05, 4.69) is 9.91 Å². The molecule has 0 aromatic heterocycles. The zero-order valence-electron chi connectivity index (χ0n) is 7.08. The minimum Gasteiger partial charge on any atom is -0.465 e. The third-order valence-corrected chi connectivity index (χ3v) is 2.14. The lowest BCUT2D eigenvalue weighted by molar-refractivity contribution is 0.0601. The van der Waals surface area contributed by atoms with Gasteiger partial charge in [0.2, 0.25) is 0 Å². The summed E-state index contributed by atoms with van der Waals surface area (Å²) in [6, 6.07) is 2.58. The van der Waals surface area contributed by atoms with Crippen molar-refractivity contribution in [3.05, 3.63) is 32.6 Å². The van der Waals surface area contributed by atoms with E-state index < -0.39 is 5.97 Å². The summed E-state index contributed by atoms with van der Waals surface area (Å²) in [5, 5.41) is 2.77. The van der Waals surface area contributed by atoms with Crippen LogP contribution in [0.5, 0.6) is 0 Å². The van der Waals surface area contributed by atoms with Crippen molar-refractivity contribution in [2.45, 2.75) is 0 Å². The van der Waals surface area contributed by atoms with Gasteiger partial charge in [-0.15, -0.1) is 4.91 Å². The maximum Gasteiger partial charge on any atom is 0.339 e. The highest BCUT2D eigenvalue weighted by Crippen LogP contribution is 2.32. The number of nitroso groups, excluding NO2 is 1. The van der Waals surface area contributed by atoms with Gasteiger partial charge in [-0.2, -0.15) is 0 Å². The number of esters is 1. The molecule has 14 heavy (non-hydrogen) atoms. The van der Waals surface area contributed by atoms with Gasteiger partial charge < -0.3 is 4.74 Å². The fourth-order valence-corrected chi connectivity index (χ4v) is 1.33. The molecule has 0 aliphatic heterocycles. The molecule has 6 heteroatoms. The zero-order chi connectivity index (χ0) is 10.7. The molecule has 1 rings (SSSR count). The summed E-state index contributed by atoms with van der Waals surface area (Å²) in [6.45, 7) is 0. The highest BCUT2D eigenvalue weighted by atomic mass is 35.5. The molecule has 0 N–H and O–H groups in total. The van der Waals surface area contributed by atoms with Crippen molar-refractivity contribution < 1.29 is 9.53 Å². The van der Waals surface area contributed by atoms with Crippen molar-refractivity contribution in [1.29, 1.82) is 0 Å². The first-order chi connectivity index (χ1) is 6.60. The molecule has 4 nitrogen and oxygen atoms in total.